The predicted octanol–water partition coefficient (Wildman–Crippen LogP) is 2.31. The summed E-state index contributed by atoms with van der Waals surface area (Å²) < 4.78 is 5.82. The van der Waals surface area contributed by atoms with Crippen molar-refractivity contribution in [2.24, 2.45) is 11.1 Å². The third kappa shape index (κ3) is 2.73. The molecule has 2 N–H and O–H groups in total. The van der Waals surface area contributed by atoms with E-state index >= 15 is 0 Å². The van der Waals surface area contributed by atoms with E-state index in [9.17, 15) is 4.79 Å². The minimum atomic E-state index is -0.402. The monoisotopic (exact) mass is 262 g/mol. The molecule has 1 amide bonds. The van der Waals surface area contributed by atoms with Crippen molar-refractivity contribution in [2.45, 2.75) is 40.3 Å². The van der Waals surface area contributed by atoms with Gasteiger partial charge >= 0.3 is 0 Å². The van der Waals surface area contributed by atoms with E-state index in [4.69, 9.17) is 10.5 Å². The first kappa shape index (κ1) is 13.9. The fourth-order valence-corrected chi connectivity index (χ4v) is 2.21. The van der Waals surface area contributed by atoms with Crippen LogP contribution in [-0.4, -0.2) is 18.6 Å². The van der Waals surface area contributed by atoms with Crippen molar-refractivity contribution in [3.05, 3.63) is 23.8 Å². The summed E-state index contributed by atoms with van der Waals surface area (Å²) in [6, 6.07) is 5.79. The zero-order valence-corrected chi connectivity index (χ0v) is 12.1. The van der Waals surface area contributed by atoms with Gasteiger partial charge in [-0.25, -0.2) is 0 Å². The summed E-state index contributed by atoms with van der Waals surface area (Å²) in [5.74, 6) is 0.865. The first-order valence-electron chi connectivity index (χ1n) is 6.64. The summed E-state index contributed by atoms with van der Waals surface area (Å²) >= 11 is 0. The van der Waals surface area contributed by atoms with Crippen molar-refractivity contribution in [2.75, 3.05) is 11.4 Å². The Balaban J connectivity index is 2.42. The number of nitrogens with zero attached hydrogens (tertiary/aromatic N) is 1. The third-order valence-corrected chi connectivity index (χ3v) is 3.21. The molecule has 0 bridgehead atoms. The highest BCUT2D eigenvalue weighted by Crippen LogP contribution is 2.36. The number of carbonyl (C=O) groups excluding carboxylic acids is 1. The number of ether oxygens (including phenoxy) is 1. The van der Waals surface area contributed by atoms with Crippen LogP contribution in [0.15, 0.2) is 18.2 Å². The molecule has 1 aromatic carbocycles. The first-order valence-corrected chi connectivity index (χ1v) is 6.64. The molecule has 19 heavy (non-hydrogen) atoms. The zero-order chi connectivity index (χ0) is 14.2. The van der Waals surface area contributed by atoms with Gasteiger partial charge in [0.1, 0.15) is 11.9 Å². The van der Waals surface area contributed by atoms with Gasteiger partial charge in [-0.3, -0.25) is 4.79 Å². The lowest BCUT2D eigenvalue weighted by molar-refractivity contribution is -0.126. The van der Waals surface area contributed by atoms with Gasteiger partial charge in [-0.15, -0.1) is 0 Å². The molecule has 1 aliphatic rings. The van der Waals surface area contributed by atoms with Crippen LogP contribution in [0.3, 0.4) is 0 Å². The number of benzene rings is 1. The van der Waals surface area contributed by atoms with Gasteiger partial charge in [-0.1, -0.05) is 26.8 Å². The number of rotatable bonds is 1. The number of fused-ring (bicyclic) bond motifs is 1. The number of carbonyl (C=O) groups is 1. The summed E-state index contributed by atoms with van der Waals surface area (Å²) in [6.45, 7) is 8.83. The van der Waals surface area contributed by atoms with E-state index < -0.39 is 5.41 Å². The highest BCUT2D eigenvalue weighted by Gasteiger charge is 2.33. The molecule has 0 fully saturated rings. The third-order valence-electron chi connectivity index (χ3n) is 3.21. The van der Waals surface area contributed by atoms with Crippen molar-refractivity contribution in [1.82, 2.24) is 0 Å². The minimum Gasteiger partial charge on any atom is -0.487 e. The van der Waals surface area contributed by atoms with Gasteiger partial charge in [0.15, 0.2) is 0 Å². The number of hydrogen-bond donors (Lipinski definition) is 1. The summed E-state index contributed by atoms with van der Waals surface area (Å²) in [5, 5.41) is 0. The van der Waals surface area contributed by atoms with E-state index in [1.807, 2.05) is 50.8 Å². The SMILES string of the molecule is CC1CN(C(=O)C(C)(C)C)c2ccc(CN)cc2O1. The van der Waals surface area contributed by atoms with Gasteiger partial charge in [0.05, 0.1) is 12.2 Å². The van der Waals surface area contributed by atoms with Gasteiger partial charge in [0.25, 0.3) is 0 Å². The second-order valence-electron chi connectivity index (χ2n) is 6.10. The zero-order valence-electron chi connectivity index (χ0n) is 12.1. The van der Waals surface area contributed by atoms with Crippen molar-refractivity contribution < 1.29 is 9.53 Å². The van der Waals surface area contributed by atoms with Crippen LogP contribution in [0.4, 0.5) is 5.69 Å². The van der Waals surface area contributed by atoms with Crippen molar-refractivity contribution in [1.29, 1.82) is 0 Å². The van der Waals surface area contributed by atoms with Gasteiger partial charge in [0, 0.05) is 12.0 Å². The van der Waals surface area contributed by atoms with Gasteiger partial charge in [-0.05, 0) is 24.6 Å². The van der Waals surface area contributed by atoms with Crippen LogP contribution in [0.25, 0.3) is 0 Å². The lowest BCUT2D eigenvalue weighted by Crippen LogP contribution is -2.47. The molecule has 4 heteroatoms. The van der Waals surface area contributed by atoms with Crippen LogP contribution in [0.2, 0.25) is 0 Å². The normalized spacial score (nSPS) is 18.8. The average Bonchev–Trinajstić information content (AvgIpc) is 2.34. The standard InChI is InChI=1S/C15H22N2O2/c1-10-9-17(14(18)15(2,3)4)12-6-5-11(8-16)7-13(12)19-10/h5-7,10H,8-9,16H2,1-4H3. The molecule has 1 unspecified atom stereocenters. The second-order valence-corrected chi connectivity index (χ2v) is 6.10. The number of nitrogens with two attached hydrogens (primary N) is 1. The second kappa shape index (κ2) is 4.85. The molecule has 4 nitrogen and oxygen atoms in total. The quantitative estimate of drug-likeness (QED) is 0.845. The predicted molar refractivity (Wildman–Crippen MR) is 76.2 cm³/mol. The smallest absolute Gasteiger partial charge is 0.232 e. The first-order chi connectivity index (χ1) is 8.82. The fraction of sp³-hybridized carbons (Fsp3) is 0.533. The number of amides is 1. The van der Waals surface area contributed by atoms with Crippen molar-refractivity contribution in [3.8, 4) is 5.75 Å². The summed E-state index contributed by atoms with van der Waals surface area (Å²) in [6.07, 6.45) is -0.00757. The summed E-state index contributed by atoms with van der Waals surface area (Å²) in [4.78, 5) is 14.4. The Morgan fingerprint density at radius 2 is 2.16 bits per heavy atom. The maximum atomic E-state index is 12.5. The van der Waals surface area contributed by atoms with Crippen molar-refractivity contribution in [3.63, 3.8) is 0 Å². The van der Waals surface area contributed by atoms with Crippen LogP contribution < -0.4 is 15.4 Å². The maximum absolute atomic E-state index is 12.5. The molecule has 1 aromatic rings. The van der Waals surface area contributed by atoms with E-state index in [2.05, 4.69) is 0 Å². The van der Waals surface area contributed by atoms with Crippen LogP contribution in [0, 0.1) is 5.41 Å². The molecule has 104 valence electrons. The molecule has 0 radical (unpaired) electrons. The van der Waals surface area contributed by atoms with E-state index in [0.29, 0.717) is 13.1 Å². The fourth-order valence-electron chi connectivity index (χ4n) is 2.21. The highest BCUT2D eigenvalue weighted by molar-refractivity contribution is 5.98. The van der Waals surface area contributed by atoms with Crippen LogP contribution in [0.1, 0.15) is 33.3 Å². The van der Waals surface area contributed by atoms with E-state index in [0.717, 1.165) is 17.0 Å². The van der Waals surface area contributed by atoms with Gasteiger partial charge in [0.2, 0.25) is 5.91 Å². The Bertz CT molecular complexity index is 491. The topological polar surface area (TPSA) is 55.6 Å². The van der Waals surface area contributed by atoms with Crippen LogP contribution >= 0.6 is 0 Å². The average molecular weight is 262 g/mol. The molecule has 1 aliphatic heterocycles. The molecular weight excluding hydrogens is 240 g/mol. The molecule has 0 saturated heterocycles. The lowest BCUT2D eigenvalue weighted by atomic mass is 9.93. The molecule has 0 spiro atoms. The minimum absolute atomic E-state index is 0.00757. The Labute approximate surface area is 114 Å². The van der Waals surface area contributed by atoms with E-state index in [1.54, 1.807) is 0 Å². The van der Waals surface area contributed by atoms with E-state index in [-0.39, 0.29) is 12.0 Å². The molecule has 0 saturated carbocycles. The number of hydrogen-bond acceptors (Lipinski definition) is 3. The highest BCUT2D eigenvalue weighted by atomic mass is 16.5. The number of anilines is 1. The van der Waals surface area contributed by atoms with Gasteiger partial charge < -0.3 is 15.4 Å². The Morgan fingerprint density at radius 3 is 2.74 bits per heavy atom. The summed E-state index contributed by atoms with van der Waals surface area (Å²) in [5.41, 5.74) is 7.10. The maximum Gasteiger partial charge on any atom is 0.232 e. The molecule has 1 heterocycles. The Hall–Kier alpha value is -1.55. The van der Waals surface area contributed by atoms with Crippen LogP contribution in [-0.2, 0) is 11.3 Å². The van der Waals surface area contributed by atoms with Crippen molar-refractivity contribution >= 4 is 11.6 Å². The lowest BCUT2D eigenvalue weighted by Gasteiger charge is -2.37. The molecule has 0 aromatic heterocycles. The largest absolute Gasteiger partial charge is 0.487 e. The molecule has 2 rings (SSSR count). The molecule has 1 atom stereocenters. The van der Waals surface area contributed by atoms with E-state index in [1.165, 1.54) is 0 Å². The summed E-state index contributed by atoms with van der Waals surface area (Å²) in [7, 11) is 0. The van der Waals surface area contributed by atoms with Gasteiger partial charge in [-0.2, -0.15) is 0 Å². The Morgan fingerprint density at radius 1 is 1.47 bits per heavy atom. The van der Waals surface area contributed by atoms with Crippen LogP contribution in [0.5, 0.6) is 5.75 Å². The Kier molecular flexibility index (Phi) is 3.54. The molecule has 0 aliphatic carbocycles. The molecular formula is C15H22N2O2.